The molecule has 0 aliphatic rings. The molecule has 1 atom stereocenters. The Balaban J connectivity index is 2.20. The molecule has 0 radical (unpaired) electrons. The lowest BCUT2D eigenvalue weighted by atomic mass is 10.1. The van der Waals surface area contributed by atoms with E-state index in [-0.39, 0.29) is 5.56 Å². The number of hydrogen-bond acceptors (Lipinski definition) is 2. The van der Waals surface area contributed by atoms with Crippen LogP contribution < -0.4 is 0 Å². The molecule has 0 saturated carbocycles. The number of rotatable bonds is 4. The molecule has 2 rings (SSSR count). The number of benzene rings is 2. The second-order valence-electron chi connectivity index (χ2n) is 3.91. The average molecular weight is 339 g/mol. The minimum absolute atomic E-state index is 0.209. The maximum atomic E-state index is 12.2. The van der Waals surface area contributed by atoms with Crippen molar-refractivity contribution in [3.63, 3.8) is 0 Å². The van der Waals surface area contributed by atoms with Crippen LogP contribution in [0.2, 0.25) is 0 Å². The summed E-state index contributed by atoms with van der Waals surface area (Å²) in [5.74, 6) is -0.624. The quantitative estimate of drug-likeness (QED) is 0.928. The van der Waals surface area contributed by atoms with Crippen LogP contribution in [0, 0.1) is 0 Å². The van der Waals surface area contributed by atoms with Crippen LogP contribution in [0.1, 0.15) is 15.9 Å². The number of aromatic carboxylic acids is 1. The molecule has 5 heteroatoms. The monoisotopic (exact) mass is 338 g/mol. The van der Waals surface area contributed by atoms with Gasteiger partial charge in [0.1, 0.15) is 0 Å². The largest absolute Gasteiger partial charge is 0.478 e. The van der Waals surface area contributed by atoms with Gasteiger partial charge in [-0.3, -0.25) is 4.21 Å². The number of halogens is 1. The van der Waals surface area contributed by atoms with Gasteiger partial charge in [-0.25, -0.2) is 4.79 Å². The predicted molar refractivity (Wildman–Crippen MR) is 77.7 cm³/mol. The van der Waals surface area contributed by atoms with Gasteiger partial charge in [0.2, 0.25) is 0 Å². The maximum absolute atomic E-state index is 12.2. The summed E-state index contributed by atoms with van der Waals surface area (Å²) in [5.41, 5.74) is 1.04. The van der Waals surface area contributed by atoms with E-state index >= 15 is 0 Å². The van der Waals surface area contributed by atoms with E-state index in [9.17, 15) is 9.00 Å². The lowest BCUT2D eigenvalue weighted by Gasteiger charge is -2.06. The van der Waals surface area contributed by atoms with Gasteiger partial charge in [-0.2, -0.15) is 0 Å². The molecule has 19 heavy (non-hydrogen) atoms. The summed E-state index contributed by atoms with van der Waals surface area (Å²) in [4.78, 5) is 11.6. The van der Waals surface area contributed by atoms with Crippen LogP contribution in [-0.4, -0.2) is 15.3 Å². The minimum atomic E-state index is -1.14. The van der Waals surface area contributed by atoms with Gasteiger partial charge in [0.05, 0.1) is 22.1 Å². The minimum Gasteiger partial charge on any atom is -0.478 e. The van der Waals surface area contributed by atoms with Crippen molar-refractivity contribution in [1.29, 1.82) is 0 Å². The molecule has 0 heterocycles. The Labute approximate surface area is 121 Å². The van der Waals surface area contributed by atoms with Gasteiger partial charge >= 0.3 is 5.97 Å². The third kappa shape index (κ3) is 3.52. The summed E-state index contributed by atoms with van der Waals surface area (Å²) in [6, 6.07) is 13.9. The van der Waals surface area contributed by atoms with Gasteiger partial charge in [0.25, 0.3) is 0 Å². The molecular formula is C14H11BrO3S. The van der Waals surface area contributed by atoms with E-state index in [1.165, 1.54) is 12.1 Å². The van der Waals surface area contributed by atoms with Gasteiger partial charge in [-0.05, 0) is 29.8 Å². The van der Waals surface area contributed by atoms with Gasteiger partial charge in [0, 0.05) is 9.37 Å². The molecule has 3 nitrogen and oxygen atoms in total. The first-order valence-corrected chi connectivity index (χ1v) is 7.64. The molecule has 2 aromatic rings. The van der Waals surface area contributed by atoms with Crippen LogP contribution in [0.25, 0.3) is 0 Å². The van der Waals surface area contributed by atoms with Crippen molar-refractivity contribution in [3.05, 3.63) is 64.1 Å². The van der Waals surface area contributed by atoms with Crippen molar-refractivity contribution in [2.24, 2.45) is 0 Å². The zero-order valence-corrected chi connectivity index (χ0v) is 12.3. The normalized spacial score (nSPS) is 12.1. The van der Waals surface area contributed by atoms with Crippen LogP contribution >= 0.6 is 15.9 Å². The van der Waals surface area contributed by atoms with E-state index in [2.05, 4.69) is 15.9 Å². The maximum Gasteiger partial charge on any atom is 0.335 e. The number of hydrogen-bond donors (Lipinski definition) is 1. The highest BCUT2D eigenvalue weighted by molar-refractivity contribution is 9.10. The third-order valence-electron chi connectivity index (χ3n) is 2.59. The number of carboxylic acid groups (broad SMARTS) is 1. The van der Waals surface area contributed by atoms with Gasteiger partial charge < -0.3 is 5.11 Å². The smallest absolute Gasteiger partial charge is 0.335 e. The SMILES string of the molecule is O=C(O)c1ccc(CS(=O)c2ccccc2)c(Br)c1. The van der Waals surface area contributed by atoms with Gasteiger partial charge in [-0.1, -0.05) is 40.2 Å². The Bertz CT molecular complexity index is 626. The fraction of sp³-hybridized carbons (Fsp3) is 0.0714. The molecule has 0 aliphatic heterocycles. The Morgan fingerprint density at radius 2 is 1.84 bits per heavy atom. The third-order valence-corrected chi connectivity index (χ3v) is 4.70. The summed E-state index contributed by atoms with van der Waals surface area (Å²) in [6.45, 7) is 0. The summed E-state index contributed by atoms with van der Waals surface area (Å²) < 4.78 is 12.8. The van der Waals surface area contributed by atoms with Crippen LogP contribution in [0.4, 0.5) is 0 Å². The molecule has 2 aromatic carbocycles. The van der Waals surface area contributed by atoms with Crippen molar-refractivity contribution in [3.8, 4) is 0 Å². The fourth-order valence-electron chi connectivity index (χ4n) is 1.59. The van der Waals surface area contributed by atoms with E-state index < -0.39 is 16.8 Å². The molecule has 0 saturated heterocycles. The summed E-state index contributed by atoms with van der Waals surface area (Å²) in [7, 11) is -1.14. The molecule has 0 fully saturated rings. The summed E-state index contributed by atoms with van der Waals surface area (Å²) >= 11 is 3.32. The second kappa shape index (κ2) is 6.12. The molecule has 0 bridgehead atoms. The first-order chi connectivity index (χ1) is 9.08. The highest BCUT2D eigenvalue weighted by Gasteiger charge is 2.10. The molecule has 0 aromatic heterocycles. The molecule has 0 spiro atoms. The van der Waals surface area contributed by atoms with Crippen molar-refractivity contribution in [1.82, 2.24) is 0 Å². The van der Waals surface area contributed by atoms with E-state index in [1.54, 1.807) is 6.07 Å². The molecule has 0 aliphatic carbocycles. The Kier molecular flexibility index (Phi) is 4.50. The standard InChI is InChI=1S/C14H11BrO3S/c15-13-8-10(14(16)17)6-7-11(13)9-19(18)12-4-2-1-3-5-12/h1-8H,9H2,(H,16,17). The first-order valence-electron chi connectivity index (χ1n) is 5.53. The van der Waals surface area contributed by atoms with E-state index in [0.717, 1.165) is 10.5 Å². The lowest BCUT2D eigenvalue weighted by molar-refractivity contribution is 0.0697. The van der Waals surface area contributed by atoms with Crippen molar-refractivity contribution in [2.45, 2.75) is 10.6 Å². The van der Waals surface area contributed by atoms with Crippen LogP contribution in [0.3, 0.4) is 0 Å². The van der Waals surface area contributed by atoms with Crippen molar-refractivity contribution in [2.75, 3.05) is 0 Å². The predicted octanol–water partition coefficient (Wildman–Crippen LogP) is 3.46. The second-order valence-corrected chi connectivity index (χ2v) is 6.22. The molecule has 1 N–H and O–H groups in total. The lowest BCUT2D eigenvalue weighted by Crippen LogP contribution is -2.00. The topological polar surface area (TPSA) is 54.4 Å². The highest BCUT2D eigenvalue weighted by Crippen LogP contribution is 2.22. The van der Waals surface area contributed by atoms with Crippen LogP contribution in [-0.2, 0) is 16.6 Å². The molecular weight excluding hydrogens is 328 g/mol. The molecule has 1 unspecified atom stereocenters. The number of carbonyl (C=O) groups is 1. The van der Waals surface area contributed by atoms with Gasteiger partial charge in [0.15, 0.2) is 0 Å². The zero-order valence-electron chi connectivity index (χ0n) is 9.88. The van der Waals surface area contributed by atoms with Gasteiger partial charge in [-0.15, -0.1) is 0 Å². The van der Waals surface area contributed by atoms with Crippen LogP contribution in [0.5, 0.6) is 0 Å². The van der Waals surface area contributed by atoms with E-state index in [4.69, 9.17) is 5.11 Å². The summed E-state index contributed by atoms with van der Waals surface area (Å²) in [6.07, 6.45) is 0. The fourth-order valence-corrected chi connectivity index (χ4v) is 3.46. The molecule has 98 valence electrons. The van der Waals surface area contributed by atoms with E-state index in [1.807, 2.05) is 30.3 Å². The summed E-state index contributed by atoms with van der Waals surface area (Å²) in [5, 5.41) is 8.88. The zero-order chi connectivity index (χ0) is 13.8. The Morgan fingerprint density at radius 1 is 1.16 bits per heavy atom. The first kappa shape index (κ1) is 14.0. The molecule has 0 amide bonds. The van der Waals surface area contributed by atoms with Crippen LogP contribution in [0.15, 0.2) is 57.9 Å². The Hall–Kier alpha value is -1.46. The van der Waals surface area contributed by atoms with Crippen molar-refractivity contribution >= 4 is 32.7 Å². The van der Waals surface area contributed by atoms with Crippen molar-refractivity contribution < 1.29 is 14.1 Å². The highest BCUT2D eigenvalue weighted by atomic mass is 79.9. The average Bonchev–Trinajstić information content (AvgIpc) is 2.41. The number of carboxylic acids is 1. The Morgan fingerprint density at radius 3 is 2.42 bits per heavy atom. The van der Waals surface area contributed by atoms with E-state index in [0.29, 0.717) is 10.2 Å².